The Balaban J connectivity index is 1.27. The molecule has 0 aliphatic carbocycles. The number of rotatable bonds is 12. The van der Waals surface area contributed by atoms with Gasteiger partial charge in [-0.3, -0.25) is 9.48 Å². The van der Waals surface area contributed by atoms with E-state index < -0.39 is 16.0 Å². The number of para-hydroxylation sites is 1. The number of benzene rings is 3. The molecule has 11 nitrogen and oxygen atoms in total. The van der Waals surface area contributed by atoms with Gasteiger partial charge in [0, 0.05) is 67.2 Å². The van der Waals surface area contributed by atoms with E-state index in [-0.39, 0.29) is 24.8 Å². The average Bonchev–Trinajstić information content (AvgIpc) is 3.81. The number of hydrogen-bond acceptors (Lipinski definition) is 7. The Morgan fingerprint density at radius 2 is 1.72 bits per heavy atom. The molecule has 280 valence electrons. The van der Waals surface area contributed by atoms with E-state index in [1.54, 1.807) is 11.2 Å². The predicted molar refractivity (Wildman–Crippen MR) is 206 cm³/mol. The minimum Gasteiger partial charge on any atom is -0.493 e. The van der Waals surface area contributed by atoms with Crippen LogP contribution in [0, 0.1) is 0 Å². The second kappa shape index (κ2) is 15.7. The lowest BCUT2D eigenvalue weighted by Crippen LogP contribution is -2.36. The molecule has 1 amide bonds. The highest BCUT2D eigenvalue weighted by Crippen LogP contribution is 2.40. The highest BCUT2D eigenvalue weighted by molar-refractivity contribution is 7.89. The van der Waals surface area contributed by atoms with Gasteiger partial charge < -0.3 is 18.9 Å². The zero-order chi connectivity index (χ0) is 37.1. The standard InChI is InChI=1S/C41H49N5O6S/c1-4-35-38-33-18-9-17-31-32(19-11-26-52-36-20-8-15-29-14-6-7-16-30(29)36)40(41(48)51-5-2)46(39(31)33)25-13-27-53(49,50)45(28-34(38)42-43(35)3)24-12-23-44-22-10-21-37(44)47/h6-9,14-18,20H,4-5,10-13,19,21-28H2,1-3H3. The number of carbonyl (C=O) groups excluding carboxylic acids is 2. The van der Waals surface area contributed by atoms with E-state index in [2.05, 4.69) is 37.3 Å². The number of aryl methyl sites for hydroxylation is 3. The largest absolute Gasteiger partial charge is 0.493 e. The third-order valence-electron chi connectivity index (χ3n) is 10.6. The summed E-state index contributed by atoms with van der Waals surface area (Å²) < 4.78 is 45.6. The number of hydrogen-bond donors (Lipinski definition) is 0. The molecule has 7 rings (SSSR count). The molecule has 12 heteroatoms. The molecule has 0 unspecified atom stereocenters. The van der Waals surface area contributed by atoms with Crippen LogP contribution >= 0.6 is 0 Å². The number of sulfonamides is 1. The topological polar surface area (TPSA) is 116 Å². The monoisotopic (exact) mass is 739 g/mol. The molecule has 5 aromatic rings. The van der Waals surface area contributed by atoms with E-state index >= 15 is 0 Å². The predicted octanol–water partition coefficient (Wildman–Crippen LogP) is 6.49. The number of esters is 1. The van der Waals surface area contributed by atoms with Crippen LogP contribution in [0.25, 0.3) is 32.8 Å². The maximum Gasteiger partial charge on any atom is 0.355 e. The molecule has 0 atom stereocenters. The molecule has 0 N–H and O–H groups in total. The van der Waals surface area contributed by atoms with Crippen molar-refractivity contribution in [3.05, 3.63) is 83.3 Å². The van der Waals surface area contributed by atoms with Crippen LogP contribution in [0.1, 0.15) is 73.4 Å². The lowest BCUT2D eigenvalue weighted by Gasteiger charge is -2.23. The van der Waals surface area contributed by atoms with Gasteiger partial charge in [-0.15, -0.1) is 0 Å². The fraction of sp³-hybridized carbons (Fsp3) is 0.439. The molecule has 2 aromatic heterocycles. The number of aromatic nitrogens is 3. The van der Waals surface area contributed by atoms with Gasteiger partial charge in [0.2, 0.25) is 15.9 Å². The minimum atomic E-state index is -3.72. The molecular weight excluding hydrogens is 691 g/mol. The van der Waals surface area contributed by atoms with Crippen molar-refractivity contribution in [3.8, 4) is 16.9 Å². The minimum absolute atomic E-state index is 0.0865. The van der Waals surface area contributed by atoms with Crippen LogP contribution in [0.5, 0.6) is 5.75 Å². The number of ether oxygens (including phenoxy) is 2. The second-order valence-electron chi connectivity index (χ2n) is 13.9. The number of nitrogens with zero attached hydrogens (tertiary/aromatic N) is 5. The van der Waals surface area contributed by atoms with E-state index in [1.165, 1.54) is 0 Å². The zero-order valence-corrected chi connectivity index (χ0v) is 31.8. The smallest absolute Gasteiger partial charge is 0.355 e. The lowest BCUT2D eigenvalue weighted by molar-refractivity contribution is -0.127. The summed E-state index contributed by atoms with van der Waals surface area (Å²) in [6.07, 6.45) is 4.16. The third kappa shape index (κ3) is 7.31. The Morgan fingerprint density at radius 1 is 0.925 bits per heavy atom. The molecule has 0 saturated carbocycles. The van der Waals surface area contributed by atoms with Gasteiger partial charge in [-0.1, -0.05) is 61.5 Å². The molecule has 2 aliphatic heterocycles. The molecule has 53 heavy (non-hydrogen) atoms. The van der Waals surface area contributed by atoms with E-state index in [4.69, 9.17) is 14.6 Å². The maximum atomic E-state index is 14.1. The van der Waals surface area contributed by atoms with E-state index in [9.17, 15) is 18.0 Å². The molecule has 3 aromatic carbocycles. The molecule has 1 fully saturated rings. The van der Waals surface area contributed by atoms with E-state index in [0.717, 1.165) is 62.8 Å². The van der Waals surface area contributed by atoms with Crippen LogP contribution in [0.2, 0.25) is 0 Å². The zero-order valence-electron chi connectivity index (χ0n) is 31.0. The van der Waals surface area contributed by atoms with E-state index in [1.807, 2.05) is 51.5 Å². The summed E-state index contributed by atoms with van der Waals surface area (Å²) in [6, 6.07) is 20.3. The normalized spacial score (nSPS) is 16.2. The first-order valence-electron chi connectivity index (χ1n) is 18.9. The number of likely N-dealkylation sites (tertiary alicyclic amines) is 1. The molecule has 0 spiro atoms. The van der Waals surface area contributed by atoms with Crippen LogP contribution in [-0.4, -0.2) is 82.4 Å². The Bertz CT molecular complexity index is 2250. The van der Waals surface area contributed by atoms with Crippen LogP contribution in [-0.2, 0) is 52.5 Å². The molecule has 0 radical (unpaired) electrons. The quantitative estimate of drug-likeness (QED) is 0.106. The highest BCUT2D eigenvalue weighted by atomic mass is 32.2. The van der Waals surface area contributed by atoms with Crippen molar-refractivity contribution in [3.63, 3.8) is 0 Å². The van der Waals surface area contributed by atoms with Gasteiger partial charge in [0.05, 0.1) is 36.7 Å². The van der Waals surface area contributed by atoms with Gasteiger partial charge >= 0.3 is 5.97 Å². The third-order valence-corrected chi connectivity index (χ3v) is 12.5. The maximum absolute atomic E-state index is 14.1. The fourth-order valence-corrected chi connectivity index (χ4v) is 9.67. The Kier molecular flexibility index (Phi) is 10.9. The molecule has 0 bridgehead atoms. The summed E-state index contributed by atoms with van der Waals surface area (Å²) >= 11 is 0. The summed E-state index contributed by atoms with van der Waals surface area (Å²) in [5.41, 5.74) is 5.72. The van der Waals surface area contributed by atoms with Crippen LogP contribution in [0.15, 0.2) is 60.7 Å². The molecule has 4 heterocycles. The summed E-state index contributed by atoms with van der Waals surface area (Å²) in [6.45, 7) is 6.54. The summed E-state index contributed by atoms with van der Waals surface area (Å²) in [4.78, 5) is 28.0. The van der Waals surface area contributed by atoms with Crippen molar-refractivity contribution in [2.45, 2.75) is 71.9 Å². The highest BCUT2D eigenvalue weighted by Gasteiger charge is 2.32. The van der Waals surface area contributed by atoms with Gasteiger partial charge in [-0.2, -0.15) is 9.40 Å². The SMILES string of the molecule is CCOC(=O)c1c(CCCOc2cccc3ccccc23)c2cccc3c2n1CCCS(=O)(=O)N(CCCN1CCCC1=O)Cc1nn(C)c(CC)c1-3. The molecule has 2 aliphatic rings. The first-order chi connectivity index (χ1) is 25.7. The van der Waals surface area contributed by atoms with Crippen molar-refractivity contribution in [2.24, 2.45) is 7.05 Å². The van der Waals surface area contributed by atoms with Crippen LogP contribution in [0.4, 0.5) is 0 Å². The summed E-state index contributed by atoms with van der Waals surface area (Å²) in [5, 5.41) is 8.05. The Morgan fingerprint density at radius 3 is 2.51 bits per heavy atom. The average molecular weight is 740 g/mol. The summed E-state index contributed by atoms with van der Waals surface area (Å²) in [7, 11) is -1.82. The molecular formula is C41H49N5O6S. The van der Waals surface area contributed by atoms with Crippen molar-refractivity contribution < 1.29 is 27.5 Å². The van der Waals surface area contributed by atoms with Gasteiger partial charge in [0.25, 0.3) is 0 Å². The summed E-state index contributed by atoms with van der Waals surface area (Å²) in [5.74, 6) is 0.451. The number of amides is 1. The fourth-order valence-electron chi connectivity index (χ4n) is 8.19. The molecule has 1 saturated heterocycles. The van der Waals surface area contributed by atoms with E-state index in [0.29, 0.717) is 76.2 Å². The first-order valence-corrected chi connectivity index (χ1v) is 20.5. The Labute approximate surface area is 311 Å². The van der Waals surface area contributed by atoms with Crippen molar-refractivity contribution in [1.82, 2.24) is 23.6 Å². The number of carbonyl (C=O) groups is 2. The van der Waals surface area contributed by atoms with Gasteiger partial charge in [0.1, 0.15) is 11.4 Å². The second-order valence-corrected chi connectivity index (χ2v) is 16.0. The van der Waals surface area contributed by atoms with Gasteiger partial charge in [-0.05, 0) is 62.5 Å². The van der Waals surface area contributed by atoms with Gasteiger partial charge in [-0.25, -0.2) is 13.2 Å². The van der Waals surface area contributed by atoms with Crippen LogP contribution in [0.3, 0.4) is 0 Å². The van der Waals surface area contributed by atoms with Crippen LogP contribution < -0.4 is 4.74 Å². The Hall–Kier alpha value is -4.68. The number of fused-ring (bicyclic) bond motifs is 3. The first kappa shape index (κ1) is 36.7. The van der Waals surface area contributed by atoms with Crippen molar-refractivity contribution in [2.75, 3.05) is 38.6 Å². The van der Waals surface area contributed by atoms with Gasteiger partial charge in [0.15, 0.2) is 0 Å². The lowest BCUT2D eigenvalue weighted by atomic mass is 9.97. The van der Waals surface area contributed by atoms with Crippen molar-refractivity contribution >= 4 is 43.6 Å². The van der Waals surface area contributed by atoms with Crippen molar-refractivity contribution in [1.29, 1.82) is 0 Å².